The van der Waals surface area contributed by atoms with Gasteiger partial charge in [-0.25, -0.2) is 0 Å². The third-order valence-corrected chi connectivity index (χ3v) is 3.28. The van der Waals surface area contributed by atoms with E-state index in [1.807, 2.05) is 55.6 Å². The van der Waals surface area contributed by atoms with E-state index in [2.05, 4.69) is 11.4 Å². The average molecular weight is 271 g/mol. The van der Waals surface area contributed by atoms with Crippen molar-refractivity contribution in [2.75, 3.05) is 20.8 Å². The van der Waals surface area contributed by atoms with Gasteiger partial charge >= 0.3 is 0 Å². The van der Waals surface area contributed by atoms with Crippen molar-refractivity contribution in [1.82, 2.24) is 5.32 Å². The van der Waals surface area contributed by atoms with E-state index in [1.165, 1.54) is 0 Å². The smallest absolute Gasteiger partial charge is 0.123 e. The molecular formula is C17H21NO2. The molecule has 0 saturated heterocycles. The highest BCUT2D eigenvalue weighted by atomic mass is 16.5. The van der Waals surface area contributed by atoms with Gasteiger partial charge in [0.25, 0.3) is 0 Å². The molecule has 0 aliphatic heterocycles. The molecule has 2 rings (SSSR count). The van der Waals surface area contributed by atoms with E-state index in [9.17, 15) is 0 Å². The zero-order valence-corrected chi connectivity index (χ0v) is 12.0. The SMILES string of the molecule is CNC(CCOc1ccccc1)c1ccccc1OC. The van der Waals surface area contributed by atoms with Gasteiger partial charge in [-0.2, -0.15) is 0 Å². The monoisotopic (exact) mass is 271 g/mol. The van der Waals surface area contributed by atoms with Gasteiger partial charge in [-0.1, -0.05) is 36.4 Å². The molecular weight excluding hydrogens is 250 g/mol. The summed E-state index contributed by atoms with van der Waals surface area (Å²) >= 11 is 0. The second-order valence-corrected chi connectivity index (χ2v) is 4.53. The van der Waals surface area contributed by atoms with Crippen LogP contribution in [0.1, 0.15) is 18.0 Å². The lowest BCUT2D eigenvalue weighted by Gasteiger charge is -2.19. The minimum Gasteiger partial charge on any atom is -0.496 e. The number of methoxy groups -OCH3 is 1. The second kappa shape index (κ2) is 7.56. The molecule has 3 nitrogen and oxygen atoms in total. The summed E-state index contributed by atoms with van der Waals surface area (Å²) in [4.78, 5) is 0. The molecule has 0 aromatic heterocycles. The average Bonchev–Trinajstić information content (AvgIpc) is 2.53. The Bertz CT molecular complexity index is 513. The second-order valence-electron chi connectivity index (χ2n) is 4.53. The maximum absolute atomic E-state index is 5.75. The Hall–Kier alpha value is -2.00. The Labute approximate surface area is 120 Å². The lowest BCUT2D eigenvalue weighted by molar-refractivity contribution is 0.287. The minimum absolute atomic E-state index is 0.217. The fourth-order valence-electron chi connectivity index (χ4n) is 2.22. The number of rotatable bonds is 7. The predicted octanol–water partition coefficient (Wildman–Crippen LogP) is 3.42. The number of benzene rings is 2. The molecule has 0 radical (unpaired) electrons. The first-order valence-electron chi connectivity index (χ1n) is 6.83. The maximum Gasteiger partial charge on any atom is 0.123 e. The number of hydrogen-bond acceptors (Lipinski definition) is 3. The van der Waals surface area contributed by atoms with Crippen molar-refractivity contribution < 1.29 is 9.47 Å². The Kier molecular flexibility index (Phi) is 5.44. The summed E-state index contributed by atoms with van der Waals surface area (Å²) in [5.74, 6) is 1.81. The van der Waals surface area contributed by atoms with Crippen LogP contribution in [0.25, 0.3) is 0 Å². The molecule has 0 aliphatic carbocycles. The zero-order chi connectivity index (χ0) is 14.2. The molecule has 0 fully saturated rings. The van der Waals surface area contributed by atoms with Gasteiger partial charge in [-0.3, -0.25) is 0 Å². The summed E-state index contributed by atoms with van der Waals surface area (Å²) in [5.41, 5.74) is 1.16. The lowest BCUT2D eigenvalue weighted by Crippen LogP contribution is -2.19. The molecule has 0 aliphatic rings. The fraction of sp³-hybridized carbons (Fsp3) is 0.294. The van der Waals surface area contributed by atoms with E-state index >= 15 is 0 Å². The molecule has 2 aromatic carbocycles. The van der Waals surface area contributed by atoms with Gasteiger partial charge < -0.3 is 14.8 Å². The summed E-state index contributed by atoms with van der Waals surface area (Å²) in [7, 11) is 3.66. The van der Waals surface area contributed by atoms with Crippen LogP contribution < -0.4 is 14.8 Å². The highest BCUT2D eigenvalue weighted by Crippen LogP contribution is 2.26. The molecule has 2 aromatic rings. The van der Waals surface area contributed by atoms with E-state index < -0.39 is 0 Å². The number of para-hydroxylation sites is 2. The van der Waals surface area contributed by atoms with Crippen LogP contribution in [0.2, 0.25) is 0 Å². The van der Waals surface area contributed by atoms with Crippen LogP contribution in [0.5, 0.6) is 11.5 Å². The number of ether oxygens (including phenoxy) is 2. The molecule has 0 saturated carbocycles. The minimum atomic E-state index is 0.217. The van der Waals surface area contributed by atoms with Crippen LogP contribution in [0.3, 0.4) is 0 Å². The number of nitrogens with one attached hydrogen (secondary N) is 1. The van der Waals surface area contributed by atoms with Crippen molar-refractivity contribution in [2.45, 2.75) is 12.5 Å². The van der Waals surface area contributed by atoms with Crippen LogP contribution in [0, 0.1) is 0 Å². The van der Waals surface area contributed by atoms with Gasteiger partial charge in [0.15, 0.2) is 0 Å². The highest BCUT2D eigenvalue weighted by Gasteiger charge is 2.13. The van der Waals surface area contributed by atoms with Crippen LogP contribution >= 0.6 is 0 Å². The quantitative estimate of drug-likeness (QED) is 0.837. The van der Waals surface area contributed by atoms with Crippen molar-refractivity contribution in [3.8, 4) is 11.5 Å². The van der Waals surface area contributed by atoms with Gasteiger partial charge in [-0.15, -0.1) is 0 Å². The predicted molar refractivity (Wildman–Crippen MR) is 81.3 cm³/mol. The van der Waals surface area contributed by atoms with Crippen molar-refractivity contribution >= 4 is 0 Å². The highest BCUT2D eigenvalue weighted by molar-refractivity contribution is 5.35. The van der Waals surface area contributed by atoms with Gasteiger partial charge in [0.1, 0.15) is 11.5 Å². The molecule has 1 unspecified atom stereocenters. The fourth-order valence-corrected chi connectivity index (χ4v) is 2.22. The maximum atomic E-state index is 5.75. The molecule has 1 N–H and O–H groups in total. The third kappa shape index (κ3) is 3.75. The van der Waals surface area contributed by atoms with Crippen molar-refractivity contribution in [1.29, 1.82) is 0 Å². The first-order chi connectivity index (χ1) is 9.85. The molecule has 1 atom stereocenters. The van der Waals surface area contributed by atoms with E-state index in [4.69, 9.17) is 9.47 Å². The van der Waals surface area contributed by atoms with Gasteiger partial charge in [0.2, 0.25) is 0 Å². The Morgan fingerprint density at radius 3 is 2.40 bits per heavy atom. The standard InChI is InChI=1S/C17H21NO2/c1-18-16(15-10-6-7-11-17(15)19-2)12-13-20-14-8-4-3-5-9-14/h3-11,16,18H,12-13H2,1-2H3. The van der Waals surface area contributed by atoms with Crippen molar-refractivity contribution in [2.24, 2.45) is 0 Å². The van der Waals surface area contributed by atoms with Crippen molar-refractivity contribution in [3.05, 3.63) is 60.2 Å². The summed E-state index contributed by atoms with van der Waals surface area (Å²) in [6.07, 6.45) is 0.881. The van der Waals surface area contributed by atoms with Crippen LogP contribution in [-0.4, -0.2) is 20.8 Å². The van der Waals surface area contributed by atoms with Gasteiger partial charge in [-0.05, 0) is 25.2 Å². The first-order valence-corrected chi connectivity index (χ1v) is 6.83. The van der Waals surface area contributed by atoms with E-state index in [0.717, 1.165) is 23.5 Å². The molecule has 0 bridgehead atoms. The van der Waals surface area contributed by atoms with Crippen LogP contribution in [0.4, 0.5) is 0 Å². The molecule has 0 amide bonds. The lowest BCUT2D eigenvalue weighted by atomic mass is 10.0. The van der Waals surface area contributed by atoms with Crippen molar-refractivity contribution in [3.63, 3.8) is 0 Å². The topological polar surface area (TPSA) is 30.5 Å². The molecule has 106 valence electrons. The zero-order valence-electron chi connectivity index (χ0n) is 12.0. The molecule has 20 heavy (non-hydrogen) atoms. The molecule has 0 spiro atoms. The van der Waals surface area contributed by atoms with E-state index in [-0.39, 0.29) is 6.04 Å². The summed E-state index contributed by atoms with van der Waals surface area (Å²) in [6.45, 7) is 0.660. The van der Waals surface area contributed by atoms with E-state index in [0.29, 0.717) is 6.61 Å². The normalized spacial score (nSPS) is 11.9. The Balaban J connectivity index is 1.95. The van der Waals surface area contributed by atoms with Gasteiger partial charge in [0.05, 0.1) is 13.7 Å². The summed E-state index contributed by atoms with van der Waals surface area (Å²) < 4.78 is 11.2. The largest absolute Gasteiger partial charge is 0.496 e. The van der Waals surface area contributed by atoms with Crippen LogP contribution in [-0.2, 0) is 0 Å². The molecule has 0 heterocycles. The first kappa shape index (κ1) is 14.4. The van der Waals surface area contributed by atoms with E-state index in [1.54, 1.807) is 7.11 Å². The summed E-state index contributed by atoms with van der Waals surface area (Å²) in [5, 5.41) is 3.32. The Morgan fingerprint density at radius 1 is 1.00 bits per heavy atom. The van der Waals surface area contributed by atoms with Gasteiger partial charge in [0, 0.05) is 18.0 Å². The molecule has 3 heteroatoms. The Morgan fingerprint density at radius 2 is 1.70 bits per heavy atom. The number of hydrogen-bond donors (Lipinski definition) is 1. The third-order valence-electron chi connectivity index (χ3n) is 3.28. The summed E-state index contributed by atoms with van der Waals surface area (Å²) in [6, 6.07) is 18.2. The van der Waals surface area contributed by atoms with Crippen LogP contribution in [0.15, 0.2) is 54.6 Å².